The second kappa shape index (κ2) is 10.5. The Kier molecular flexibility index (Phi) is 13.1. The quantitative estimate of drug-likeness (QED) is 0.496. The molecule has 0 fully saturated rings. The van der Waals surface area contributed by atoms with Crippen molar-refractivity contribution in [2.75, 3.05) is 0 Å². The molecule has 0 rings (SSSR count). The lowest BCUT2D eigenvalue weighted by molar-refractivity contribution is 1.10. The highest BCUT2D eigenvalue weighted by molar-refractivity contribution is 5.06. The maximum absolute atomic E-state index is 3.57. The Morgan fingerprint density at radius 3 is 2.00 bits per heavy atom. The van der Waals surface area contributed by atoms with Crippen LogP contribution in [-0.2, 0) is 0 Å². The summed E-state index contributed by atoms with van der Waals surface area (Å²) in [5.74, 6) is 0. The van der Waals surface area contributed by atoms with Gasteiger partial charge >= 0.3 is 0 Å². The summed E-state index contributed by atoms with van der Waals surface area (Å²) in [6.45, 7) is 11.8. The van der Waals surface area contributed by atoms with Crippen molar-refractivity contribution in [2.45, 2.75) is 34.1 Å². The summed E-state index contributed by atoms with van der Waals surface area (Å²) in [5, 5.41) is 0. The Morgan fingerprint density at radius 1 is 1.44 bits per heavy atom. The van der Waals surface area contributed by atoms with Crippen LogP contribution in [0.2, 0.25) is 0 Å². The van der Waals surface area contributed by atoms with Crippen LogP contribution in [0.15, 0.2) is 24.3 Å². The van der Waals surface area contributed by atoms with Gasteiger partial charge in [0.25, 0.3) is 0 Å². The molecular weight excluding hydrogens is 108 g/mol. The molecule has 0 nitrogen and oxygen atoms in total. The van der Waals surface area contributed by atoms with Gasteiger partial charge in [-0.05, 0) is 13.3 Å². The van der Waals surface area contributed by atoms with Gasteiger partial charge < -0.3 is 0 Å². The molecule has 0 spiro atoms. The van der Waals surface area contributed by atoms with E-state index in [1.807, 2.05) is 26.0 Å². The molecule has 0 radical (unpaired) electrons. The first-order valence-electron chi connectivity index (χ1n) is 3.59. The third-order valence-electron chi connectivity index (χ3n) is 0.960. The normalized spacial score (nSPS) is 9.56. The summed E-state index contributed by atoms with van der Waals surface area (Å²) >= 11 is 0. The zero-order chi connectivity index (χ0) is 7.70. The van der Waals surface area contributed by atoms with Crippen molar-refractivity contribution in [1.82, 2.24) is 0 Å². The largest absolute Gasteiger partial charge is 0.0991 e. The van der Waals surface area contributed by atoms with Gasteiger partial charge in [-0.25, -0.2) is 0 Å². The lowest BCUT2D eigenvalue weighted by Crippen LogP contribution is -1.65. The molecule has 0 bridgehead atoms. The van der Waals surface area contributed by atoms with E-state index in [1.165, 1.54) is 5.57 Å². The second-order valence-electron chi connectivity index (χ2n) is 1.60. The zero-order valence-corrected chi connectivity index (χ0v) is 7.07. The van der Waals surface area contributed by atoms with E-state index >= 15 is 0 Å². The van der Waals surface area contributed by atoms with Gasteiger partial charge in [-0.1, -0.05) is 45.1 Å². The molecule has 54 valence electrons. The minimum absolute atomic E-state index is 1.13. The first-order chi connectivity index (χ1) is 4.31. The number of allylic oxidation sites excluding steroid dienone is 3. The van der Waals surface area contributed by atoms with Crippen LogP contribution >= 0.6 is 0 Å². The Balaban J connectivity index is 0. The molecule has 0 aromatic rings. The maximum Gasteiger partial charge on any atom is -0.0349 e. The van der Waals surface area contributed by atoms with Crippen molar-refractivity contribution in [2.24, 2.45) is 0 Å². The molecular formula is C9H18. The average molecular weight is 126 g/mol. The minimum atomic E-state index is 1.13. The SMILES string of the molecule is C=C/C=C(/C)CC.CC. The number of hydrogen-bond acceptors (Lipinski definition) is 0. The summed E-state index contributed by atoms with van der Waals surface area (Å²) in [4.78, 5) is 0. The summed E-state index contributed by atoms with van der Waals surface area (Å²) < 4.78 is 0. The van der Waals surface area contributed by atoms with Gasteiger partial charge in [-0.3, -0.25) is 0 Å². The first kappa shape index (κ1) is 11.3. The molecule has 0 aliphatic carbocycles. The smallest absolute Gasteiger partial charge is 0.0349 e. The Hall–Kier alpha value is -0.520. The van der Waals surface area contributed by atoms with Gasteiger partial charge in [0.05, 0.1) is 0 Å². The van der Waals surface area contributed by atoms with E-state index in [1.54, 1.807) is 0 Å². The molecule has 0 amide bonds. The monoisotopic (exact) mass is 126 g/mol. The highest BCUT2D eigenvalue weighted by atomic mass is 13.8. The average Bonchev–Trinajstić information content (AvgIpc) is 1.93. The molecule has 0 heteroatoms. The van der Waals surface area contributed by atoms with Crippen molar-refractivity contribution >= 4 is 0 Å². The third kappa shape index (κ3) is 11.2. The van der Waals surface area contributed by atoms with Gasteiger partial charge in [0, 0.05) is 0 Å². The van der Waals surface area contributed by atoms with Crippen LogP contribution in [-0.4, -0.2) is 0 Å². The Bertz CT molecular complexity index is 78.0. The van der Waals surface area contributed by atoms with E-state index in [9.17, 15) is 0 Å². The molecule has 0 N–H and O–H groups in total. The van der Waals surface area contributed by atoms with E-state index in [2.05, 4.69) is 20.4 Å². The molecule has 0 saturated carbocycles. The second-order valence-corrected chi connectivity index (χ2v) is 1.60. The van der Waals surface area contributed by atoms with Crippen molar-refractivity contribution < 1.29 is 0 Å². The molecule has 0 aromatic heterocycles. The van der Waals surface area contributed by atoms with Crippen LogP contribution in [0.3, 0.4) is 0 Å². The van der Waals surface area contributed by atoms with Gasteiger partial charge in [-0.15, -0.1) is 0 Å². The van der Waals surface area contributed by atoms with Gasteiger partial charge in [0.15, 0.2) is 0 Å². The van der Waals surface area contributed by atoms with Crippen molar-refractivity contribution in [3.8, 4) is 0 Å². The lowest BCUT2D eigenvalue weighted by atomic mass is 10.2. The topological polar surface area (TPSA) is 0 Å². The van der Waals surface area contributed by atoms with Crippen molar-refractivity contribution in [3.05, 3.63) is 24.3 Å². The Morgan fingerprint density at radius 2 is 1.89 bits per heavy atom. The Labute approximate surface area is 59.3 Å². The first-order valence-corrected chi connectivity index (χ1v) is 3.59. The van der Waals surface area contributed by atoms with Crippen molar-refractivity contribution in [3.63, 3.8) is 0 Å². The predicted octanol–water partition coefficient (Wildman–Crippen LogP) is 3.55. The van der Waals surface area contributed by atoms with E-state index in [4.69, 9.17) is 0 Å². The predicted molar refractivity (Wildman–Crippen MR) is 45.6 cm³/mol. The molecule has 9 heavy (non-hydrogen) atoms. The minimum Gasteiger partial charge on any atom is -0.0991 e. The molecule has 0 aliphatic rings. The van der Waals surface area contributed by atoms with E-state index in [-0.39, 0.29) is 0 Å². The fourth-order valence-electron chi connectivity index (χ4n) is 0.319. The fraction of sp³-hybridized carbons (Fsp3) is 0.556. The molecule has 0 saturated heterocycles. The molecule has 0 unspecified atom stereocenters. The molecule has 0 atom stereocenters. The standard InChI is InChI=1S/C7H12.C2H6/c1-4-6-7(3)5-2;1-2/h4,6H,1,5H2,2-3H3;1-2H3/b7-6-;. The summed E-state index contributed by atoms with van der Waals surface area (Å²) in [6.07, 6.45) is 4.98. The van der Waals surface area contributed by atoms with Gasteiger partial charge in [0.2, 0.25) is 0 Å². The summed E-state index contributed by atoms with van der Waals surface area (Å²) in [7, 11) is 0. The highest BCUT2D eigenvalue weighted by Gasteiger charge is 1.74. The third-order valence-corrected chi connectivity index (χ3v) is 0.960. The van der Waals surface area contributed by atoms with E-state index < -0.39 is 0 Å². The maximum atomic E-state index is 3.57. The van der Waals surface area contributed by atoms with Crippen LogP contribution in [0, 0.1) is 0 Å². The molecule has 0 heterocycles. The van der Waals surface area contributed by atoms with Crippen LogP contribution in [0.4, 0.5) is 0 Å². The van der Waals surface area contributed by atoms with Crippen LogP contribution in [0.5, 0.6) is 0 Å². The van der Waals surface area contributed by atoms with Crippen molar-refractivity contribution in [1.29, 1.82) is 0 Å². The highest BCUT2D eigenvalue weighted by Crippen LogP contribution is 1.95. The molecule has 0 aromatic carbocycles. The summed E-state index contributed by atoms with van der Waals surface area (Å²) in [5.41, 5.74) is 1.38. The zero-order valence-electron chi connectivity index (χ0n) is 7.07. The van der Waals surface area contributed by atoms with Gasteiger partial charge in [-0.2, -0.15) is 0 Å². The van der Waals surface area contributed by atoms with E-state index in [0.717, 1.165) is 6.42 Å². The van der Waals surface area contributed by atoms with Crippen LogP contribution in [0.25, 0.3) is 0 Å². The van der Waals surface area contributed by atoms with Crippen LogP contribution < -0.4 is 0 Å². The van der Waals surface area contributed by atoms with Crippen LogP contribution in [0.1, 0.15) is 34.1 Å². The number of hydrogen-bond donors (Lipinski definition) is 0. The van der Waals surface area contributed by atoms with Gasteiger partial charge in [0.1, 0.15) is 0 Å². The number of rotatable bonds is 2. The molecule has 0 aliphatic heterocycles. The van der Waals surface area contributed by atoms with E-state index in [0.29, 0.717) is 0 Å². The fourth-order valence-corrected chi connectivity index (χ4v) is 0.319. The summed E-state index contributed by atoms with van der Waals surface area (Å²) in [6, 6.07) is 0. The lowest BCUT2D eigenvalue weighted by Gasteiger charge is -1.86.